The van der Waals surface area contributed by atoms with Crippen molar-refractivity contribution >= 4 is 5.97 Å². The molecule has 84 valence electrons. The van der Waals surface area contributed by atoms with Gasteiger partial charge < -0.3 is 15.2 Å². The average molecular weight is 203 g/mol. The summed E-state index contributed by atoms with van der Waals surface area (Å²) < 4.78 is 10.1. The van der Waals surface area contributed by atoms with Crippen molar-refractivity contribution in [2.24, 2.45) is 5.73 Å². The van der Waals surface area contributed by atoms with Gasteiger partial charge >= 0.3 is 5.97 Å². The fourth-order valence-electron chi connectivity index (χ4n) is 0.983. The van der Waals surface area contributed by atoms with E-state index in [-0.39, 0.29) is 5.97 Å². The van der Waals surface area contributed by atoms with E-state index in [0.717, 1.165) is 12.8 Å². The zero-order valence-corrected chi connectivity index (χ0v) is 9.12. The first-order valence-corrected chi connectivity index (χ1v) is 5.22. The van der Waals surface area contributed by atoms with Crippen LogP contribution in [-0.4, -0.2) is 31.8 Å². The van der Waals surface area contributed by atoms with Gasteiger partial charge in [0.2, 0.25) is 0 Å². The second-order valence-corrected chi connectivity index (χ2v) is 3.18. The van der Waals surface area contributed by atoms with Gasteiger partial charge in [-0.25, -0.2) is 0 Å². The topological polar surface area (TPSA) is 61.5 Å². The molecule has 0 aromatic rings. The summed E-state index contributed by atoms with van der Waals surface area (Å²) in [6.07, 6.45) is 2.54. The molecular formula is C10H21NO3. The average Bonchev–Trinajstić information content (AvgIpc) is 2.17. The summed E-state index contributed by atoms with van der Waals surface area (Å²) >= 11 is 0. The van der Waals surface area contributed by atoms with Crippen molar-refractivity contribution in [3.63, 3.8) is 0 Å². The lowest BCUT2D eigenvalue weighted by atomic mass is 10.2. The Hall–Kier alpha value is -0.610. The summed E-state index contributed by atoms with van der Waals surface area (Å²) in [4.78, 5) is 11.2. The highest BCUT2D eigenvalue weighted by Crippen LogP contribution is 1.95. The monoisotopic (exact) mass is 203 g/mol. The number of carbonyl (C=O) groups excluding carboxylic acids is 1. The third-order valence-electron chi connectivity index (χ3n) is 1.72. The van der Waals surface area contributed by atoms with Gasteiger partial charge in [-0.15, -0.1) is 0 Å². The van der Waals surface area contributed by atoms with Crippen LogP contribution in [0.2, 0.25) is 0 Å². The second-order valence-electron chi connectivity index (χ2n) is 3.18. The number of nitrogens with two attached hydrogens (primary N) is 1. The third kappa shape index (κ3) is 6.86. The molecule has 2 N–H and O–H groups in total. The lowest BCUT2D eigenvalue weighted by molar-refractivity contribution is -0.146. The number of hydrogen-bond acceptors (Lipinski definition) is 4. The first-order chi connectivity index (χ1) is 6.72. The number of ether oxygens (including phenoxy) is 2. The van der Waals surface area contributed by atoms with Crippen LogP contribution < -0.4 is 5.73 Å². The molecule has 0 aliphatic rings. The van der Waals surface area contributed by atoms with E-state index in [0.29, 0.717) is 26.2 Å². The zero-order valence-electron chi connectivity index (χ0n) is 9.12. The molecule has 0 amide bonds. The van der Waals surface area contributed by atoms with E-state index in [1.54, 1.807) is 0 Å². The number of esters is 1. The number of carbonyl (C=O) groups is 1. The lowest BCUT2D eigenvalue weighted by Gasteiger charge is -2.10. The van der Waals surface area contributed by atoms with Gasteiger partial charge in [0.1, 0.15) is 12.6 Å². The van der Waals surface area contributed by atoms with Gasteiger partial charge in [0.15, 0.2) is 0 Å². The maximum Gasteiger partial charge on any atom is 0.322 e. The van der Waals surface area contributed by atoms with Crippen LogP contribution in [0.5, 0.6) is 0 Å². The molecule has 0 radical (unpaired) electrons. The summed E-state index contributed by atoms with van der Waals surface area (Å²) in [6.45, 7) is 5.48. The van der Waals surface area contributed by atoms with E-state index in [1.165, 1.54) is 0 Å². The molecule has 0 rings (SSSR count). The first kappa shape index (κ1) is 13.4. The van der Waals surface area contributed by atoms with Crippen LogP contribution in [0, 0.1) is 0 Å². The maximum absolute atomic E-state index is 11.2. The molecule has 0 aromatic carbocycles. The molecule has 0 saturated heterocycles. The van der Waals surface area contributed by atoms with Crippen molar-refractivity contribution in [2.45, 2.75) is 39.2 Å². The Kier molecular flexibility index (Phi) is 8.57. The van der Waals surface area contributed by atoms with Crippen LogP contribution in [0.3, 0.4) is 0 Å². The highest BCUT2D eigenvalue weighted by atomic mass is 16.6. The molecule has 4 heteroatoms. The molecule has 0 aliphatic heterocycles. The zero-order chi connectivity index (χ0) is 10.8. The van der Waals surface area contributed by atoms with Crippen LogP contribution in [0.25, 0.3) is 0 Å². The van der Waals surface area contributed by atoms with Gasteiger partial charge in [0.25, 0.3) is 0 Å². The predicted octanol–water partition coefficient (Wildman–Crippen LogP) is 1.08. The normalized spacial score (nSPS) is 12.5. The van der Waals surface area contributed by atoms with Gasteiger partial charge in [-0.3, -0.25) is 4.79 Å². The molecule has 0 bridgehead atoms. The summed E-state index contributed by atoms with van der Waals surface area (Å²) in [5.74, 6) is -0.327. The molecule has 0 spiro atoms. The van der Waals surface area contributed by atoms with Crippen molar-refractivity contribution in [1.29, 1.82) is 0 Å². The third-order valence-corrected chi connectivity index (χ3v) is 1.72. The van der Waals surface area contributed by atoms with Gasteiger partial charge in [0.05, 0.1) is 6.61 Å². The fourth-order valence-corrected chi connectivity index (χ4v) is 0.983. The van der Waals surface area contributed by atoms with Crippen LogP contribution in [0.4, 0.5) is 0 Å². The van der Waals surface area contributed by atoms with Crippen LogP contribution in [-0.2, 0) is 14.3 Å². The molecule has 1 atom stereocenters. The number of hydrogen-bond donors (Lipinski definition) is 1. The quantitative estimate of drug-likeness (QED) is 0.473. The van der Waals surface area contributed by atoms with Gasteiger partial charge in [-0.2, -0.15) is 0 Å². The summed E-state index contributed by atoms with van der Waals surface area (Å²) in [5, 5.41) is 0. The van der Waals surface area contributed by atoms with E-state index in [1.807, 2.05) is 13.8 Å². The minimum Gasteiger partial charge on any atom is -0.462 e. The highest BCUT2D eigenvalue weighted by Gasteiger charge is 2.12. The van der Waals surface area contributed by atoms with Crippen LogP contribution in [0.15, 0.2) is 0 Å². The maximum atomic E-state index is 11.2. The molecule has 0 aromatic heterocycles. The number of rotatable bonds is 8. The van der Waals surface area contributed by atoms with Crippen LogP contribution in [0.1, 0.15) is 33.1 Å². The SMILES string of the molecule is CCCOCCOC(=O)[C@H](N)CCC. The van der Waals surface area contributed by atoms with E-state index < -0.39 is 6.04 Å². The minimum atomic E-state index is -0.480. The standard InChI is InChI=1S/C10H21NO3/c1-3-5-9(11)10(12)14-8-7-13-6-4-2/h9H,3-8,11H2,1-2H3/t9-/m1/s1. The van der Waals surface area contributed by atoms with Crippen molar-refractivity contribution in [3.8, 4) is 0 Å². The Bertz CT molecular complexity index is 150. The smallest absolute Gasteiger partial charge is 0.322 e. The van der Waals surface area contributed by atoms with Crippen molar-refractivity contribution in [1.82, 2.24) is 0 Å². The molecule has 0 fully saturated rings. The van der Waals surface area contributed by atoms with Crippen LogP contribution >= 0.6 is 0 Å². The highest BCUT2D eigenvalue weighted by molar-refractivity contribution is 5.75. The Balaban J connectivity index is 3.34. The molecule has 0 aliphatic carbocycles. The van der Waals surface area contributed by atoms with Gasteiger partial charge in [0, 0.05) is 6.61 Å². The molecule has 0 saturated carbocycles. The Labute approximate surface area is 85.8 Å². The van der Waals surface area contributed by atoms with Crippen molar-refractivity contribution in [2.75, 3.05) is 19.8 Å². The fraction of sp³-hybridized carbons (Fsp3) is 0.900. The summed E-state index contributed by atoms with van der Waals surface area (Å²) in [6, 6.07) is -0.480. The molecule has 14 heavy (non-hydrogen) atoms. The van der Waals surface area contributed by atoms with Gasteiger partial charge in [-0.1, -0.05) is 20.3 Å². The molecule has 0 unspecified atom stereocenters. The molecule has 0 heterocycles. The van der Waals surface area contributed by atoms with E-state index >= 15 is 0 Å². The van der Waals surface area contributed by atoms with Gasteiger partial charge in [-0.05, 0) is 12.8 Å². The van der Waals surface area contributed by atoms with Crippen molar-refractivity contribution < 1.29 is 14.3 Å². The largest absolute Gasteiger partial charge is 0.462 e. The summed E-state index contributed by atoms with van der Waals surface area (Å²) in [5.41, 5.74) is 5.55. The second kappa shape index (κ2) is 8.97. The predicted molar refractivity (Wildman–Crippen MR) is 55.0 cm³/mol. The Morgan fingerprint density at radius 1 is 1.21 bits per heavy atom. The van der Waals surface area contributed by atoms with E-state index in [9.17, 15) is 4.79 Å². The first-order valence-electron chi connectivity index (χ1n) is 5.22. The van der Waals surface area contributed by atoms with E-state index in [2.05, 4.69) is 0 Å². The Morgan fingerprint density at radius 2 is 1.93 bits per heavy atom. The lowest BCUT2D eigenvalue weighted by Crippen LogP contribution is -2.32. The van der Waals surface area contributed by atoms with Crippen molar-refractivity contribution in [3.05, 3.63) is 0 Å². The molecular weight excluding hydrogens is 182 g/mol. The minimum absolute atomic E-state index is 0.302. The molecule has 4 nitrogen and oxygen atoms in total. The van der Waals surface area contributed by atoms with E-state index in [4.69, 9.17) is 15.2 Å². The Morgan fingerprint density at radius 3 is 2.50 bits per heavy atom. The summed E-state index contributed by atoms with van der Waals surface area (Å²) in [7, 11) is 0.